The van der Waals surface area contributed by atoms with Crippen molar-refractivity contribution in [1.82, 2.24) is 5.32 Å². The molecule has 0 aliphatic carbocycles. The number of esters is 1. The summed E-state index contributed by atoms with van der Waals surface area (Å²) in [6.45, 7) is 1.89. The van der Waals surface area contributed by atoms with E-state index in [1.165, 1.54) is 12.0 Å². The second kappa shape index (κ2) is 9.23. The Labute approximate surface area is 169 Å². The smallest absolute Gasteiger partial charge is 0.408 e. The molecule has 7 nitrogen and oxygen atoms in total. The summed E-state index contributed by atoms with van der Waals surface area (Å²) in [6.07, 6.45) is 0.0473. The number of carbonyl (C=O) groups excluding carboxylic acids is 3. The number of para-hydroxylation sites is 1. The maximum Gasteiger partial charge on any atom is 0.408 e. The maximum absolute atomic E-state index is 13.2. The van der Waals surface area contributed by atoms with Crippen molar-refractivity contribution >= 4 is 23.7 Å². The van der Waals surface area contributed by atoms with Crippen LogP contribution in [0, 0.1) is 0 Å². The first-order chi connectivity index (χ1) is 14.0. The zero-order valence-electron chi connectivity index (χ0n) is 16.5. The Balaban J connectivity index is 1.71. The molecular formula is C22H24N2O5. The SMILES string of the molecule is CC[C@H](NC(=O)OCc1ccccc1)C(=O)N1c2ccccc2C[C@H]1C(=O)OC. The molecule has 0 spiro atoms. The van der Waals surface area contributed by atoms with E-state index in [1.54, 1.807) is 19.1 Å². The lowest BCUT2D eigenvalue weighted by Gasteiger charge is -2.28. The lowest BCUT2D eigenvalue weighted by Crippen LogP contribution is -2.53. The number of nitrogens with zero attached hydrogens (tertiary/aromatic N) is 1. The lowest BCUT2D eigenvalue weighted by molar-refractivity contribution is -0.143. The largest absolute Gasteiger partial charge is 0.467 e. The molecule has 2 aromatic rings. The summed E-state index contributed by atoms with van der Waals surface area (Å²) in [5, 5.41) is 2.62. The van der Waals surface area contributed by atoms with Crippen molar-refractivity contribution in [2.24, 2.45) is 0 Å². The first-order valence-corrected chi connectivity index (χ1v) is 9.51. The number of hydrogen-bond acceptors (Lipinski definition) is 5. The molecule has 1 aliphatic heterocycles. The summed E-state index contributed by atoms with van der Waals surface area (Å²) in [7, 11) is 1.30. The van der Waals surface area contributed by atoms with Crippen LogP contribution >= 0.6 is 0 Å². The molecule has 1 aliphatic rings. The van der Waals surface area contributed by atoms with Gasteiger partial charge in [0.05, 0.1) is 7.11 Å². The van der Waals surface area contributed by atoms with Gasteiger partial charge < -0.3 is 14.8 Å². The standard InChI is InChI=1S/C22H24N2O5/c1-3-17(23-22(27)29-14-15-9-5-4-6-10-15)20(25)24-18-12-8-7-11-16(18)13-19(24)21(26)28-2/h4-12,17,19H,3,13-14H2,1-2H3,(H,23,27)/t17-,19-/m0/s1. The van der Waals surface area contributed by atoms with E-state index < -0.39 is 24.1 Å². The van der Waals surface area contributed by atoms with Crippen molar-refractivity contribution in [3.05, 3.63) is 65.7 Å². The third kappa shape index (κ3) is 4.56. The van der Waals surface area contributed by atoms with Gasteiger partial charge in [-0.1, -0.05) is 55.5 Å². The number of rotatable bonds is 6. The minimum absolute atomic E-state index is 0.106. The monoisotopic (exact) mass is 396 g/mol. The Hall–Kier alpha value is -3.35. The molecule has 0 bridgehead atoms. The van der Waals surface area contributed by atoms with Crippen molar-refractivity contribution in [2.75, 3.05) is 12.0 Å². The third-order valence-corrected chi connectivity index (χ3v) is 4.90. The van der Waals surface area contributed by atoms with Crippen LogP contribution in [0.25, 0.3) is 0 Å². The average Bonchev–Trinajstić information content (AvgIpc) is 3.15. The van der Waals surface area contributed by atoms with E-state index in [4.69, 9.17) is 9.47 Å². The second-order valence-corrected chi connectivity index (χ2v) is 6.75. The van der Waals surface area contributed by atoms with E-state index in [2.05, 4.69) is 5.32 Å². The average molecular weight is 396 g/mol. The quantitative estimate of drug-likeness (QED) is 0.759. The maximum atomic E-state index is 13.2. The van der Waals surface area contributed by atoms with E-state index in [-0.39, 0.29) is 12.5 Å². The predicted molar refractivity (Wildman–Crippen MR) is 107 cm³/mol. The van der Waals surface area contributed by atoms with Gasteiger partial charge in [-0.25, -0.2) is 9.59 Å². The minimum atomic E-state index is -0.823. The van der Waals surface area contributed by atoms with E-state index >= 15 is 0 Å². The molecule has 3 rings (SSSR count). The van der Waals surface area contributed by atoms with Crippen molar-refractivity contribution in [3.63, 3.8) is 0 Å². The molecule has 0 saturated carbocycles. The highest BCUT2D eigenvalue weighted by Gasteiger charge is 2.41. The minimum Gasteiger partial charge on any atom is -0.467 e. The summed E-state index contributed by atoms with van der Waals surface area (Å²) >= 11 is 0. The van der Waals surface area contributed by atoms with Gasteiger partial charge in [0.25, 0.3) is 5.91 Å². The summed E-state index contributed by atoms with van der Waals surface area (Å²) in [4.78, 5) is 39.1. The van der Waals surface area contributed by atoms with Gasteiger partial charge in [-0.2, -0.15) is 0 Å². The summed E-state index contributed by atoms with van der Waals surface area (Å²) in [5.41, 5.74) is 2.39. The van der Waals surface area contributed by atoms with Crippen molar-refractivity contribution in [3.8, 4) is 0 Å². The summed E-state index contributed by atoms with van der Waals surface area (Å²) in [5.74, 6) is -0.861. The van der Waals surface area contributed by atoms with Crippen LogP contribution in [-0.2, 0) is 32.1 Å². The number of carbonyl (C=O) groups is 3. The number of methoxy groups -OCH3 is 1. The van der Waals surface area contributed by atoms with Gasteiger partial charge in [0.1, 0.15) is 18.7 Å². The van der Waals surface area contributed by atoms with Gasteiger partial charge in [-0.15, -0.1) is 0 Å². The van der Waals surface area contributed by atoms with Crippen molar-refractivity contribution in [1.29, 1.82) is 0 Å². The molecular weight excluding hydrogens is 372 g/mol. The fraction of sp³-hybridized carbons (Fsp3) is 0.318. The first-order valence-electron chi connectivity index (χ1n) is 9.51. The molecule has 2 aromatic carbocycles. The molecule has 152 valence electrons. The van der Waals surface area contributed by atoms with Gasteiger partial charge >= 0.3 is 12.1 Å². The molecule has 0 saturated heterocycles. The van der Waals surface area contributed by atoms with E-state index in [0.717, 1.165) is 11.1 Å². The number of anilines is 1. The number of hydrogen-bond donors (Lipinski definition) is 1. The predicted octanol–water partition coefficient (Wildman–Crippen LogP) is 2.82. The lowest BCUT2D eigenvalue weighted by atomic mass is 10.1. The molecule has 1 heterocycles. The fourth-order valence-electron chi connectivity index (χ4n) is 3.40. The molecule has 1 N–H and O–H groups in total. The van der Waals surface area contributed by atoms with Crippen LogP contribution in [0.2, 0.25) is 0 Å². The van der Waals surface area contributed by atoms with Crippen LogP contribution in [0.1, 0.15) is 24.5 Å². The Bertz CT molecular complexity index is 884. The molecule has 2 amide bonds. The second-order valence-electron chi connectivity index (χ2n) is 6.75. The number of fused-ring (bicyclic) bond motifs is 1. The Morgan fingerprint density at radius 1 is 1.10 bits per heavy atom. The number of ether oxygens (including phenoxy) is 2. The Kier molecular flexibility index (Phi) is 6.49. The van der Waals surface area contributed by atoms with Gasteiger partial charge in [0.2, 0.25) is 0 Å². The van der Waals surface area contributed by atoms with E-state index in [0.29, 0.717) is 18.5 Å². The highest BCUT2D eigenvalue weighted by molar-refractivity contribution is 6.05. The summed E-state index contributed by atoms with van der Waals surface area (Å²) < 4.78 is 10.1. The van der Waals surface area contributed by atoms with Gasteiger partial charge in [-0.3, -0.25) is 9.69 Å². The van der Waals surface area contributed by atoms with Crippen LogP contribution in [0.3, 0.4) is 0 Å². The number of alkyl carbamates (subject to hydrolysis) is 1. The van der Waals surface area contributed by atoms with Crippen LogP contribution < -0.4 is 10.2 Å². The van der Waals surface area contributed by atoms with Crippen LogP contribution in [0.15, 0.2) is 54.6 Å². The van der Waals surface area contributed by atoms with E-state index in [9.17, 15) is 14.4 Å². The van der Waals surface area contributed by atoms with Crippen LogP contribution in [-0.4, -0.2) is 37.2 Å². The Morgan fingerprint density at radius 2 is 1.79 bits per heavy atom. The highest BCUT2D eigenvalue weighted by Crippen LogP contribution is 2.33. The topological polar surface area (TPSA) is 84.9 Å². The summed E-state index contributed by atoms with van der Waals surface area (Å²) in [6, 6.07) is 15.0. The highest BCUT2D eigenvalue weighted by atomic mass is 16.5. The van der Waals surface area contributed by atoms with Gasteiger partial charge in [0, 0.05) is 12.1 Å². The molecule has 29 heavy (non-hydrogen) atoms. The normalized spacial score (nSPS) is 15.9. The van der Waals surface area contributed by atoms with Crippen molar-refractivity contribution < 1.29 is 23.9 Å². The van der Waals surface area contributed by atoms with Gasteiger partial charge in [-0.05, 0) is 23.6 Å². The molecule has 7 heteroatoms. The van der Waals surface area contributed by atoms with Crippen LogP contribution in [0.5, 0.6) is 0 Å². The first kappa shape index (κ1) is 20.4. The Morgan fingerprint density at radius 3 is 2.48 bits per heavy atom. The zero-order valence-corrected chi connectivity index (χ0v) is 16.5. The van der Waals surface area contributed by atoms with Crippen LogP contribution in [0.4, 0.5) is 10.5 Å². The van der Waals surface area contributed by atoms with Gasteiger partial charge in [0.15, 0.2) is 0 Å². The molecule has 2 atom stereocenters. The number of nitrogens with one attached hydrogen (secondary N) is 1. The fourth-order valence-corrected chi connectivity index (χ4v) is 3.40. The van der Waals surface area contributed by atoms with E-state index in [1.807, 2.05) is 42.5 Å². The molecule has 0 fully saturated rings. The number of benzene rings is 2. The molecule has 0 aromatic heterocycles. The van der Waals surface area contributed by atoms with Crippen molar-refractivity contribution in [2.45, 2.75) is 38.5 Å². The molecule has 0 unspecified atom stereocenters. The zero-order chi connectivity index (χ0) is 20.8. The number of amides is 2. The molecule has 0 radical (unpaired) electrons. The third-order valence-electron chi connectivity index (χ3n) is 4.90.